The summed E-state index contributed by atoms with van der Waals surface area (Å²) in [6.07, 6.45) is 0.408. The lowest BCUT2D eigenvalue weighted by atomic mass is 10.2. The van der Waals surface area contributed by atoms with Gasteiger partial charge in [0, 0.05) is 37.7 Å². The molecule has 0 heterocycles. The first-order chi connectivity index (χ1) is 9.52. The van der Waals surface area contributed by atoms with Crippen LogP contribution in [0.15, 0.2) is 24.3 Å². The first-order valence-corrected chi connectivity index (χ1v) is 6.45. The van der Waals surface area contributed by atoms with Gasteiger partial charge in [-0.2, -0.15) is 0 Å². The van der Waals surface area contributed by atoms with E-state index in [2.05, 4.69) is 16.0 Å². The topological polar surface area (TPSA) is 87.3 Å². The normalized spacial score (nSPS) is 9.70. The molecule has 0 aliphatic carbocycles. The van der Waals surface area contributed by atoms with Gasteiger partial charge in [0.25, 0.3) is 5.91 Å². The summed E-state index contributed by atoms with van der Waals surface area (Å²) in [5.74, 6) is -0.420. The van der Waals surface area contributed by atoms with Crippen molar-refractivity contribution in [1.82, 2.24) is 10.6 Å². The second-order valence-electron chi connectivity index (χ2n) is 4.22. The number of rotatable bonds is 6. The quantitative estimate of drug-likeness (QED) is 0.675. The lowest BCUT2D eigenvalue weighted by Crippen LogP contribution is -2.33. The third kappa shape index (κ3) is 5.51. The number of anilines is 1. The minimum absolute atomic E-state index is 0.0718. The maximum absolute atomic E-state index is 11.8. The Labute approximate surface area is 117 Å². The predicted molar refractivity (Wildman–Crippen MR) is 76.4 cm³/mol. The minimum Gasteiger partial charge on any atom is -0.355 e. The molecule has 1 rings (SSSR count). The Hall–Kier alpha value is -2.37. The van der Waals surface area contributed by atoms with Crippen molar-refractivity contribution in [3.8, 4) is 0 Å². The fraction of sp³-hybridized carbons (Fsp3) is 0.357. The first-order valence-electron chi connectivity index (χ1n) is 6.45. The molecule has 0 unspecified atom stereocenters. The molecule has 0 aliphatic rings. The Morgan fingerprint density at radius 1 is 1.00 bits per heavy atom. The van der Waals surface area contributed by atoms with E-state index >= 15 is 0 Å². The molecular weight excluding hydrogens is 258 g/mol. The van der Waals surface area contributed by atoms with E-state index in [1.54, 1.807) is 31.2 Å². The molecule has 6 nitrogen and oxygen atoms in total. The molecule has 0 fully saturated rings. The highest BCUT2D eigenvalue weighted by molar-refractivity contribution is 5.95. The summed E-state index contributed by atoms with van der Waals surface area (Å²) in [6, 6.07) is 6.63. The molecule has 0 atom stereocenters. The van der Waals surface area contributed by atoms with Crippen LogP contribution in [0.3, 0.4) is 0 Å². The average molecular weight is 277 g/mol. The maximum atomic E-state index is 11.8. The molecule has 0 aromatic heterocycles. The zero-order valence-corrected chi connectivity index (χ0v) is 11.7. The summed E-state index contributed by atoms with van der Waals surface area (Å²) in [6.45, 7) is 3.95. The zero-order chi connectivity index (χ0) is 15.0. The average Bonchev–Trinajstić information content (AvgIpc) is 2.43. The fourth-order valence-electron chi connectivity index (χ4n) is 1.47. The van der Waals surface area contributed by atoms with Gasteiger partial charge in [-0.25, -0.2) is 0 Å². The second-order valence-corrected chi connectivity index (χ2v) is 4.22. The molecule has 108 valence electrons. The maximum Gasteiger partial charge on any atom is 0.251 e. The summed E-state index contributed by atoms with van der Waals surface area (Å²) in [4.78, 5) is 33.6. The largest absolute Gasteiger partial charge is 0.355 e. The van der Waals surface area contributed by atoms with Crippen molar-refractivity contribution >= 4 is 23.4 Å². The Kier molecular flexibility index (Phi) is 6.22. The zero-order valence-electron chi connectivity index (χ0n) is 11.7. The lowest BCUT2D eigenvalue weighted by molar-refractivity contribution is -0.119. The van der Waals surface area contributed by atoms with Crippen molar-refractivity contribution < 1.29 is 14.4 Å². The van der Waals surface area contributed by atoms with Gasteiger partial charge in [-0.1, -0.05) is 6.92 Å². The van der Waals surface area contributed by atoms with Crippen LogP contribution in [0.5, 0.6) is 0 Å². The molecule has 0 radical (unpaired) electrons. The van der Waals surface area contributed by atoms with Crippen LogP contribution in [0.1, 0.15) is 30.6 Å². The van der Waals surface area contributed by atoms with Crippen molar-refractivity contribution in [3.05, 3.63) is 29.8 Å². The molecule has 0 saturated carbocycles. The van der Waals surface area contributed by atoms with Crippen LogP contribution in [-0.2, 0) is 9.59 Å². The van der Waals surface area contributed by atoms with Gasteiger partial charge < -0.3 is 16.0 Å². The summed E-state index contributed by atoms with van der Waals surface area (Å²) in [7, 11) is 0. The standard InChI is InChI=1S/C14H19N3O3/c1-3-13(19)17-12-6-4-11(5-7-12)14(20)16-9-8-15-10(2)18/h4-7H,3,8-9H2,1-2H3,(H,15,18)(H,16,20)(H,17,19). The number of carbonyl (C=O) groups is 3. The molecule has 6 heteroatoms. The smallest absolute Gasteiger partial charge is 0.251 e. The van der Waals surface area contributed by atoms with E-state index in [4.69, 9.17) is 0 Å². The van der Waals surface area contributed by atoms with Crippen molar-refractivity contribution in [2.45, 2.75) is 20.3 Å². The Morgan fingerprint density at radius 2 is 1.60 bits per heavy atom. The van der Waals surface area contributed by atoms with Crippen LogP contribution in [-0.4, -0.2) is 30.8 Å². The molecule has 3 N–H and O–H groups in total. The van der Waals surface area contributed by atoms with Crippen molar-refractivity contribution in [2.75, 3.05) is 18.4 Å². The van der Waals surface area contributed by atoms with E-state index in [0.717, 1.165) is 0 Å². The molecule has 1 aromatic carbocycles. The Balaban J connectivity index is 2.45. The molecule has 0 bridgehead atoms. The predicted octanol–water partition coefficient (Wildman–Crippen LogP) is 0.901. The van der Waals surface area contributed by atoms with E-state index in [1.807, 2.05) is 0 Å². The molecule has 1 aromatic rings. The Bertz CT molecular complexity index is 483. The van der Waals surface area contributed by atoms with Crippen LogP contribution >= 0.6 is 0 Å². The van der Waals surface area contributed by atoms with Crippen molar-refractivity contribution in [1.29, 1.82) is 0 Å². The lowest BCUT2D eigenvalue weighted by Gasteiger charge is -2.07. The van der Waals surface area contributed by atoms with Crippen LogP contribution in [0.4, 0.5) is 5.69 Å². The van der Waals surface area contributed by atoms with Crippen LogP contribution in [0.25, 0.3) is 0 Å². The van der Waals surface area contributed by atoms with Gasteiger partial charge in [0.1, 0.15) is 0 Å². The second kappa shape index (κ2) is 7.93. The third-order valence-electron chi connectivity index (χ3n) is 2.54. The fourth-order valence-corrected chi connectivity index (χ4v) is 1.47. The number of hydrogen-bond acceptors (Lipinski definition) is 3. The van der Waals surface area contributed by atoms with E-state index in [1.165, 1.54) is 6.92 Å². The first kappa shape index (κ1) is 15.7. The summed E-state index contributed by atoms with van der Waals surface area (Å²) < 4.78 is 0. The number of hydrogen-bond donors (Lipinski definition) is 3. The summed E-state index contributed by atoms with van der Waals surface area (Å²) >= 11 is 0. The van der Waals surface area contributed by atoms with E-state index in [9.17, 15) is 14.4 Å². The summed E-state index contributed by atoms with van der Waals surface area (Å²) in [5.41, 5.74) is 1.16. The molecule has 0 spiro atoms. The monoisotopic (exact) mass is 277 g/mol. The highest BCUT2D eigenvalue weighted by atomic mass is 16.2. The number of amides is 3. The van der Waals surface area contributed by atoms with Gasteiger partial charge in [-0.3, -0.25) is 14.4 Å². The van der Waals surface area contributed by atoms with Gasteiger partial charge in [0.2, 0.25) is 11.8 Å². The van der Waals surface area contributed by atoms with Crippen LogP contribution in [0, 0.1) is 0 Å². The van der Waals surface area contributed by atoms with Crippen LogP contribution < -0.4 is 16.0 Å². The van der Waals surface area contributed by atoms with Gasteiger partial charge in [0.15, 0.2) is 0 Å². The van der Waals surface area contributed by atoms with Gasteiger partial charge >= 0.3 is 0 Å². The molecule has 20 heavy (non-hydrogen) atoms. The number of nitrogens with one attached hydrogen (secondary N) is 3. The SMILES string of the molecule is CCC(=O)Nc1ccc(C(=O)NCCNC(C)=O)cc1. The molecule has 0 aliphatic heterocycles. The third-order valence-corrected chi connectivity index (χ3v) is 2.54. The highest BCUT2D eigenvalue weighted by Gasteiger charge is 2.05. The minimum atomic E-state index is -0.219. The number of carbonyl (C=O) groups excluding carboxylic acids is 3. The molecular formula is C14H19N3O3. The van der Waals surface area contributed by atoms with E-state index in [-0.39, 0.29) is 17.7 Å². The van der Waals surface area contributed by atoms with E-state index in [0.29, 0.717) is 30.8 Å². The van der Waals surface area contributed by atoms with Gasteiger partial charge in [-0.05, 0) is 24.3 Å². The highest BCUT2D eigenvalue weighted by Crippen LogP contribution is 2.09. The molecule has 0 saturated heterocycles. The van der Waals surface area contributed by atoms with Crippen molar-refractivity contribution in [2.24, 2.45) is 0 Å². The van der Waals surface area contributed by atoms with Gasteiger partial charge in [0.05, 0.1) is 0 Å². The molecule has 3 amide bonds. The Morgan fingerprint density at radius 3 is 2.15 bits per heavy atom. The van der Waals surface area contributed by atoms with Crippen LogP contribution in [0.2, 0.25) is 0 Å². The van der Waals surface area contributed by atoms with Gasteiger partial charge in [-0.15, -0.1) is 0 Å². The number of benzene rings is 1. The van der Waals surface area contributed by atoms with Crippen molar-refractivity contribution in [3.63, 3.8) is 0 Å². The van der Waals surface area contributed by atoms with E-state index < -0.39 is 0 Å². The summed E-state index contributed by atoms with van der Waals surface area (Å²) in [5, 5.41) is 7.98.